The molecule has 1 saturated heterocycles. The van der Waals surface area contributed by atoms with Crippen molar-refractivity contribution in [2.45, 2.75) is 24.3 Å². The van der Waals surface area contributed by atoms with Gasteiger partial charge in [-0.2, -0.15) is 0 Å². The molecule has 0 spiro atoms. The Bertz CT molecular complexity index is 610. The van der Waals surface area contributed by atoms with Gasteiger partial charge in [-0.3, -0.25) is 4.90 Å². The van der Waals surface area contributed by atoms with Gasteiger partial charge in [-0.25, -0.2) is 13.6 Å². The minimum atomic E-state index is -3.78. The van der Waals surface area contributed by atoms with Crippen molar-refractivity contribution in [3.8, 4) is 5.75 Å². The first-order valence-electron chi connectivity index (χ1n) is 7.43. The van der Waals surface area contributed by atoms with Crippen LogP contribution in [0, 0.1) is 0 Å². The Morgan fingerprint density at radius 1 is 1.27 bits per heavy atom. The zero-order valence-electron chi connectivity index (χ0n) is 13.4. The number of nitrogens with two attached hydrogens (primary N) is 1. The maximum atomic E-state index is 11.7. The smallest absolute Gasteiger partial charge is 0.241 e. The standard InChI is InChI=1S/C15H25N3O3S/c1-12(18-8-6-17(2)7-9-18)10-13-4-5-14(21-3)15(11-13)22(16,19)20/h4-5,11-12H,6-10H2,1-3H3,(H2,16,19,20). The van der Waals surface area contributed by atoms with Crippen LogP contribution in [0.4, 0.5) is 0 Å². The van der Waals surface area contributed by atoms with Crippen LogP contribution in [0.3, 0.4) is 0 Å². The molecule has 0 amide bonds. The van der Waals surface area contributed by atoms with Gasteiger partial charge in [-0.05, 0) is 38.1 Å². The number of methoxy groups -OCH3 is 1. The molecule has 0 aromatic heterocycles. The molecule has 1 unspecified atom stereocenters. The lowest BCUT2D eigenvalue weighted by atomic mass is 10.0. The van der Waals surface area contributed by atoms with Crippen molar-refractivity contribution in [3.63, 3.8) is 0 Å². The van der Waals surface area contributed by atoms with E-state index in [-0.39, 0.29) is 4.90 Å². The Morgan fingerprint density at radius 2 is 1.91 bits per heavy atom. The van der Waals surface area contributed by atoms with Crippen molar-refractivity contribution in [2.24, 2.45) is 5.14 Å². The van der Waals surface area contributed by atoms with Crippen LogP contribution < -0.4 is 9.88 Å². The van der Waals surface area contributed by atoms with Gasteiger partial charge in [0.25, 0.3) is 0 Å². The third-order valence-electron chi connectivity index (χ3n) is 4.23. The van der Waals surface area contributed by atoms with Crippen LogP contribution >= 0.6 is 0 Å². The highest BCUT2D eigenvalue weighted by molar-refractivity contribution is 7.89. The van der Waals surface area contributed by atoms with Crippen LogP contribution in [0.5, 0.6) is 5.75 Å². The topological polar surface area (TPSA) is 75.9 Å². The molecule has 0 bridgehead atoms. The number of likely N-dealkylation sites (N-methyl/N-ethyl adjacent to an activating group) is 1. The van der Waals surface area contributed by atoms with Crippen molar-refractivity contribution in [3.05, 3.63) is 23.8 Å². The summed E-state index contributed by atoms with van der Waals surface area (Å²) in [5.41, 5.74) is 0.955. The first-order chi connectivity index (χ1) is 10.3. The molecule has 2 rings (SSSR count). The predicted octanol–water partition coefficient (Wildman–Crippen LogP) is 0.521. The Hall–Kier alpha value is -1.15. The molecule has 7 heteroatoms. The second-order valence-electron chi connectivity index (χ2n) is 5.92. The van der Waals surface area contributed by atoms with E-state index in [0.29, 0.717) is 11.8 Å². The summed E-state index contributed by atoms with van der Waals surface area (Å²) in [5.74, 6) is 0.290. The summed E-state index contributed by atoms with van der Waals surface area (Å²) in [6, 6.07) is 5.56. The predicted molar refractivity (Wildman–Crippen MR) is 86.6 cm³/mol. The zero-order valence-corrected chi connectivity index (χ0v) is 14.3. The van der Waals surface area contributed by atoms with Gasteiger partial charge in [0.1, 0.15) is 10.6 Å². The third kappa shape index (κ3) is 4.19. The lowest BCUT2D eigenvalue weighted by Gasteiger charge is -2.36. The SMILES string of the molecule is COc1ccc(CC(C)N2CCN(C)CC2)cc1S(N)(=O)=O. The van der Waals surface area contributed by atoms with Gasteiger partial charge in [0.05, 0.1) is 7.11 Å². The third-order valence-corrected chi connectivity index (χ3v) is 5.16. The summed E-state index contributed by atoms with van der Waals surface area (Å²) < 4.78 is 28.4. The lowest BCUT2D eigenvalue weighted by Crippen LogP contribution is -2.48. The summed E-state index contributed by atoms with van der Waals surface area (Å²) >= 11 is 0. The zero-order chi connectivity index (χ0) is 16.3. The summed E-state index contributed by atoms with van der Waals surface area (Å²) in [6.07, 6.45) is 0.788. The van der Waals surface area contributed by atoms with Crippen molar-refractivity contribution in [2.75, 3.05) is 40.3 Å². The number of primary sulfonamides is 1. The minimum Gasteiger partial charge on any atom is -0.495 e. The van der Waals surface area contributed by atoms with E-state index in [9.17, 15) is 8.42 Å². The second kappa shape index (κ2) is 6.95. The highest BCUT2D eigenvalue weighted by atomic mass is 32.2. The van der Waals surface area contributed by atoms with Gasteiger partial charge in [0, 0.05) is 32.2 Å². The van der Waals surface area contributed by atoms with Crippen LogP contribution in [0.15, 0.2) is 23.1 Å². The monoisotopic (exact) mass is 327 g/mol. The van der Waals surface area contributed by atoms with E-state index in [1.54, 1.807) is 12.1 Å². The molecular weight excluding hydrogens is 302 g/mol. The van der Waals surface area contributed by atoms with E-state index < -0.39 is 10.0 Å². The number of nitrogens with zero attached hydrogens (tertiary/aromatic N) is 2. The second-order valence-corrected chi connectivity index (χ2v) is 7.45. The number of hydrogen-bond acceptors (Lipinski definition) is 5. The van der Waals surface area contributed by atoms with Crippen LogP contribution in [0.25, 0.3) is 0 Å². The molecule has 1 aliphatic heterocycles. The number of sulfonamides is 1. The maximum Gasteiger partial charge on any atom is 0.241 e. The highest BCUT2D eigenvalue weighted by Gasteiger charge is 2.21. The fourth-order valence-corrected chi connectivity index (χ4v) is 3.55. The minimum absolute atomic E-state index is 0.0538. The summed E-state index contributed by atoms with van der Waals surface area (Å²) in [5, 5.41) is 5.27. The quantitative estimate of drug-likeness (QED) is 0.853. The molecule has 0 saturated carbocycles. The van der Waals surface area contributed by atoms with E-state index in [0.717, 1.165) is 38.2 Å². The number of hydrogen-bond donors (Lipinski definition) is 1. The summed E-state index contributed by atoms with van der Waals surface area (Å²) in [4.78, 5) is 4.80. The summed E-state index contributed by atoms with van der Waals surface area (Å²) in [7, 11) is -0.211. The van der Waals surface area contributed by atoms with Gasteiger partial charge in [0.2, 0.25) is 10.0 Å². The van der Waals surface area contributed by atoms with Crippen molar-refractivity contribution >= 4 is 10.0 Å². The molecule has 1 atom stereocenters. The molecule has 2 N–H and O–H groups in total. The Balaban J connectivity index is 2.13. The van der Waals surface area contributed by atoms with Crippen LogP contribution in [-0.4, -0.2) is 64.6 Å². The van der Waals surface area contributed by atoms with Crippen LogP contribution in [0.1, 0.15) is 12.5 Å². The largest absolute Gasteiger partial charge is 0.495 e. The molecular formula is C15H25N3O3S. The maximum absolute atomic E-state index is 11.7. The lowest BCUT2D eigenvalue weighted by molar-refractivity contribution is 0.118. The Kier molecular flexibility index (Phi) is 5.44. The van der Waals surface area contributed by atoms with Crippen LogP contribution in [-0.2, 0) is 16.4 Å². The van der Waals surface area contributed by atoms with Gasteiger partial charge in [-0.15, -0.1) is 0 Å². The average Bonchev–Trinajstić information content (AvgIpc) is 2.47. The van der Waals surface area contributed by atoms with E-state index in [1.807, 2.05) is 6.07 Å². The van der Waals surface area contributed by atoms with E-state index in [2.05, 4.69) is 23.8 Å². The van der Waals surface area contributed by atoms with Gasteiger partial charge in [-0.1, -0.05) is 6.07 Å². The first kappa shape index (κ1) is 17.2. The first-order valence-corrected chi connectivity index (χ1v) is 8.98. The molecule has 22 heavy (non-hydrogen) atoms. The number of piperazine rings is 1. The van der Waals surface area contributed by atoms with E-state index in [4.69, 9.17) is 9.88 Å². The molecule has 6 nitrogen and oxygen atoms in total. The van der Waals surface area contributed by atoms with E-state index in [1.165, 1.54) is 7.11 Å². The fraction of sp³-hybridized carbons (Fsp3) is 0.600. The van der Waals surface area contributed by atoms with Gasteiger partial charge >= 0.3 is 0 Å². The van der Waals surface area contributed by atoms with Crippen molar-refractivity contribution < 1.29 is 13.2 Å². The highest BCUT2D eigenvalue weighted by Crippen LogP contribution is 2.25. The Morgan fingerprint density at radius 3 is 2.45 bits per heavy atom. The van der Waals surface area contributed by atoms with Gasteiger partial charge in [0.15, 0.2) is 0 Å². The molecule has 0 aliphatic carbocycles. The normalized spacial score (nSPS) is 19.1. The fourth-order valence-electron chi connectivity index (χ4n) is 2.80. The molecule has 1 aliphatic rings. The molecule has 1 aromatic rings. The molecule has 1 aromatic carbocycles. The average molecular weight is 327 g/mol. The summed E-state index contributed by atoms with van der Waals surface area (Å²) in [6.45, 7) is 6.38. The Labute approximate surface area is 132 Å². The van der Waals surface area contributed by atoms with Crippen molar-refractivity contribution in [1.29, 1.82) is 0 Å². The van der Waals surface area contributed by atoms with Crippen molar-refractivity contribution in [1.82, 2.24) is 9.80 Å². The molecule has 0 radical (unpaired) electrons. The molecule has 124 valence electrons. The number of rotatable bonds is 5. The molecule has 1 fully saturated rings. The van der Waals surface area contributed by atoms with Crippen LogP contribution in [0.2, 0.25) is 0 Å². The van der Waals surface area contributed by atoms with E-state index >= 15 is 0 Å². The molecule has 1 heterocycles. The number of ether oxygens (including phenoxy) is 1. The number of benzene rings is 1. The van der Waals surface area contributed by atoms with Gasteiger partial charge < -0.3 is 9.64 Å².